The maximum Gasteiger partial charge on any atom is 0.230 e. The molecule has 2 heterocycles. The molecule has 2 aliphatic rings. The van der Waals surface area contributed by atoms with Gasteiger partial charge in [-0.05, 0) is 25.7 Å². The summed E-state index contributed by atoms with van der Waals surface area (Å²) in [5.41, 5.74) is 0. The van der Waals surface area contributed by atoms with Crippen LogP contribution in [0.2, 0.25) is 0 Å². The molecule has 1 aliphatic carbocycles. The molecule has 1 saturated carbocycles. The van der Waals surface area contributed by atoms with Crippen LogP contribution in [0.25, 0.3) is 0 Å². The maximum absolute atomic E-state index is 11.8. The Hall–Kier alpha value is -1.08. The zero-order valence-electron chi connectivity index (χ0n) is 13.2. The molecule has 1 aromatic rings. The van der Waals surface area contributed by atoms with Gasteiger partial charge in [-0.25, -0.2) is 0 Å². The number of rotatable bonds is 7. The smallest absolute Gasteiger partial charge is 0.230 e. The van der Waals surface area contributed by atoms with Gasteiger partial charge in [-0.15, -0.1) is 10.2 Å². The molecule has 1 atom stereocenters. The van der Waals surface area contributed by atoms with Gasteiger partial charge < -0.3 is 14.6 Å². The molecule has 0 radical (unpaired) electrons. The van der Waals surface area contributed by atoms with Crippen molar-refractivity contribution in [3.63, 3.8) is 0 Å². The molecule has 0 unspecified atom stereocenters. The van der Waals surface area contributed by atoms with E-state index in [4.69, 9.17) is 4.74 Å². The molecular formula is C15H24N4O2S. The average Bonchev–Trinajstić information content (AvgIpc) is 3.00. The van der Waals surface area contributed by atoms with E-state index in [1.807, 2.05) is 0 Å². The minimum absolute atomic E-state index is 0.0882. The minimum atomic E-state index is 0.0882. The van der Waals surface area contributed by atoms with Crippen molar-refractivity contribution in [2.75, 3.05) is 12.4 Å². The number of nitrogens with zero attached hydrogens (tertiary/aromatic N) is 3. The Kier molecular flexibility index (Phi) is 5.03. The van der Waals surface area contributed by atoms with Gasteiger partial charge in [0.05, 0.1) is 18.4 Å². The summed E-state index contributed by atoms with van der Waals surface area (Å²) in [6, 6.07) is 0.407. The fraction of sp³-hybridized carbons (Fsp3) is 0.800. The zero-order valence-corrected chi connectivity index (χ0v) is 14.1. The topological polar surface area (TPSA) is 69.0 Å². The molecule has 1 aromatic heterocycles. The number of thioether (sulfide) groups is 1. The summed E-state index contributed by atoms with van der Waals surface area (Å²) in [6.07, 6.45) is 4.68. The number of nitrogens with one attached hydrogen (secondary N) is 1. The van der Waals surface area contributed by atoms with Gasteiger partial charge >= 0.3 is 0 Å². The molecule has 1 saturated heterocycles. The van der Waals surface area contributed by atoms with Crippen molar-refractivity contribution in [2.45, 2.75) is 69.3 Å². The number of carbonyl (C=O) groups is 1. The van der Waals surface area contributed by atoms with Crippen LogP contribution in [0, 0.1) is 0 Å². The van der Waals surface area contributed by atoms with E-state index in [0.717, 1.165) is 49.8 Å². The van der Waals surface area contributed by atoms with Crippen LogP contribution in [-0.4, -0.2) is 45.2 Å². The molecule has 1 N–H and O–H groups in total. The number of ether oxygens (including phenoxy) is 1. The van der Waals surface area contributed by atoms with Crippen molar-refractivity contribution in [3.05, 3.63) is 5.82 Å². The molecular weight excluding hydrogens is 300 g/mol. The number of amides is 1. The number of hydrogen-bond donors (Lipinski definition) is 1. The van der Waals surface area contributed by atoms with Gasteiger partial charge in [-0.3, -0.25) is 4.79 Å². The predicted octanol–water partition coefficient (Wildman–Crippen LogP) is 1.95. The van der Waals surface area contributed by atoms with Gasteiger partial charge in [0.25, 0.3) is 0 Å². The third kappa shape index (κ3) is 4.01. The van der Waals surface area contributed by atoms with Gasteiger partial charge in [0.1, 0.15) is 5.82 Å². The lowest BCUT2D eigenvalue weighted by molar-refractivity contribution is -0.118. The van der Waals surface area contributed by atoms with E-state index in [1.54, 1.807) is 0 Å². The third-order valence-electron chi connectivity index (χ3n) is 3.95. The van der Waals surface area contributed by atoms with Crippen LogP contribution < -0.4 is 5.32 Å². The molecule has 1 amide bonds. The van der Waals surface area contributed by atoms with Crippen LogP contribution in [0.15, 0.2) is 5.16 Å². The number of hydrogen-bond acceptors (Lipinski definition) is 5. The van der Waals surface area contributed by atoms with E-state index < -0.39 is 0 Å². The van der Waals surface area contributed by atoms with Crippen LogP contribution in [0.4, 0.5) is 0 Å². The van der Waals surface area contributed by atoms with E-state index in [0.29, 0.717) is 17.7 Å². The number of carbonyl (C=O) groups excluding carboxylic acids is 1. The molecule has 0 aromatic carbocycles. The summed E-state index contributed by atoms with van der Waals surface area (Å²) in [5.74, 6) is 1.77. The monoisotopic (exact) mass is 324 g/mol. The van der Waals surface area contributed by atoms with Gasteiger partial charge in [-0.1, -0.05) is 25.6 Å². The first-order valence-corrected chi connectivity index (χ1v) is 9.09. The standard InChI is InChI=1S/C15H24N4O2S/c1-10(2)14-17-18-15(19(14)8-12-4-3-7-21-12)22-9-13(20)16-11-5-6-11/h10-12H,3-9H2,1-2H3,(H,16,20)/t12-/m1/s1. The largest absolute Gasteiger partial charge is 0.376 e. The highest BCUT2D eigenvalue weighted by Crippen LogP contribution is 2.25. The quantitative estimate of drug-likeness (QED) is 0.776. The van der Waals surface area contributed by atoms with Crippen molar-refractivity contribution < 1.29 is 9.53 Å². The molecule has 2 fully saturated rings. The SMILES string of the molecule is CC(C)c1nnc(SCC(=O)NC2CC2)n1C[C@H]1CCCO1. The van der Waals surface area contributed by atoms with Crippen LogP contribution in [0.3, 0.4) is 0 Å². The summed E-state index contributed by atoms with van der Waals surface area (Å²) in [6.45, 7) is 5.86. The minimum Gasteiger partial charge on any atom is -0.376 e. The average molecular weight is 324 g/mol. The van der Waals surface area contributed by atoms with Gasteiger partial charge in [0.2, 0.25) is 5.91 Å². The summed E-state index contributed by atoms with van der Waals surface area (Å²) in [7, 11) is 0. The van der Waals surface area contributed by atoms with Crippen LogP contribution >= 0.6 is 11.8 Å². The first-order valence-electron chi connectivity index (χ1n) is 8.10. The van der Waals surface area contributed by atoms with Crippen LogP contribution in [-0.2, 0) is 16.1 Å². The van der Waals surface area contributed by atoms with Crippen molar-refractivity contribution in [1.82, 2.24) is 20.1 Å². The molecule has 0 bridgehead atoms. The molecule has 1 aliphatic heterocycles. The Morgan fingerprint density at radius 1 is 1.41 bits per heavy atom. The second-order valence-corrected chi connectivity index (χ2v) is 7.31. The predicted molar refractivity (Wildman–Crippen MR) is 85.0 cm³/mol. The zero-order chi connectivity index (χ0) is 15.5. The molecule has 0 spiro atoms. The Morgan fingerprint density at radius 3 is 2.86 bits per heavy atom. The Balaban J connectivity index is 1.64. The molecule has 7 heteroatoms. The van der Waals surface area contributed by atoms with E-state index in [1.165, 1.54) is 11.8 Å². The lowest BCUT2D eigenvalue weighted by atomic mass is 10.2. The normalized spacial score (nSPS) is 21.5. The molecule has 3 rings (SSSR count). The Bertz CT molecular complexity index is 522. The summed E-state index contributed by atoms with van der Waals surface area (Å²) >= 11 is 1.47. The summed E-state index contributed by atoms with van der Waals surface area (Å²) in [4.78, 5) is 11.8. The van der Waals surface area contributed by atoms with Crippen LogP contribution in [0.1, 0.15) is 51.3 Å². The summed E-state index contributed by atoms with van der Waals surface area (Å²) in [5, 5.41) is 12.4. The van der Waals surface area contributed by atoms with E-state index in [9.17, 15) is 4.79 Å². The second kappa shape index (κ2) is 7.00. The van der Waals surface area contributed by atoms with Crippen LogP contribution in [0.5, 0.6) is 0 Å². The molecule has 122 valence electrons. The fourth-order valence-electron chi connectivity index (χ4n) is 2.62. The van der Waals surface area contributed by atoms with Crippen molar-refractivity contribution in [2.24, 2.45) is 0 Å². The molecule has 6 nitrogen and oxygen atoms in total. The highest BCUT2D eigenvalue weighted by Gasteiger charge is 2.25. The van der Waals surface area contributed by atoms with Gasteiger partial charge in [-0.2, -0.15) is 0 Å². The fourth-order valence-corrected chi connectivity index (χ4v) is 3.39. The Labute approximate surface area is 135 Å². The second-order valence-electron chi connectivity index (χ2n) is 6.37. The highest BCUT2D eigenvalue weighted by atomic mass is 32.2. The van der Waals surface area contributed by atoms with E-state index in [-0.39, 0.29) is 12.0 Å². The third-order valence-corrected chi connectivity index (χ3v) is 4.91. The molecule has 22 heavy (non-hydrogen) atoms. The van der Waals surface area contributed by atoms with Crippen molar-refractivity contribution in [1.29, 1.82) is 0 Å². The van der Waals surface area contributed by atoms with Gasteiger partial charge in [0, 0.05) is 18.6 Å². The maximum atomic E-state index is 11.8. The van der Waals surface area contributed by atoms with Gasteiger partial charge in [0.15, 0.2) is 5.16 Å². The van der Waals surface area contributed by atoms with E-state index >= 15 is 0 Å². The van der Waals surface area contributed by atoms with Crippen molar-refractivity contribution >= 4 is 17.7 Å². The highest BCUT2D eigenvalue weighted by molar-refractivity contribution is 7.99. The first-order chi connectivity index (χ1) is 10.6. The lowest BCUT2D eigenvalue weighted by Crippen LogP contribution is -2.27. The summed E-state index contributed by atoms with van der Waals surface area (Å²) < 4.78 is 7.87. The first kappa shape index (κ1) is 15.8. The lowest BCUT2D eigenvalue weighted by Gasteiger charge is -2.15. The van der Waals surface area contributed by atoms with E-state index in [2.05, 4.69) is 33.9 Å². The van der Waals surface area contributed by atoms with Crippen molar-refractivity contribution in [3.8, 4) is 0 Å². The Morgan fingerprint density at radius 2 is 2.23 bits per heavy atom. The number of aromatic nitrogens is 3.